The number of aliphatic imine (C=N–C) groups is 1. The fourth-order valence-electron chi connectivity index (χ4n) is 0.927. The van der Waals surface area contributed by atoms with E-state index in [0.29, 0.717) is 11.8 Å². The summed E-state index contributed by atoms with van der Waals surface area (Å²) in [5.41, 5.74) is 0. The second kappa shape index (κ2) is 4.50. The minimum absolute atomic E-state index is 0.151. The maximum atomic E-state index is 10.6. The third-order valence-electron chi connectivity index (χ3n) is 1.66. The van der Waals surface area contributed by atoms with Crippen molar-refractivity contribution in [1.29, 1.82) is 0 Å². The minimum Gasteiger partial charge on any atom is -0.358 e. The van der Waals surface area contributed by atoms with Gasteiger partial charge in [0.25, 0.3) is 0 Å². The van der Waals surface area contributed by atoms with Gasteiger partial charge in [0.15, 0.2) is 5.17 Å². The van der Waals surface area contributed by atoms with Gasteiger partial charge in [0.1, 0.15) is 5.78 Å². The Hall–Kier alpha value is -0.510. The lowest BCUT2D eigenvalue weighted by molar-refractivity contribution is -0.115. The van der Waals surface area contributed by atoms with Crippen LogP contribution in [0.15, 0.2) is 4.99 Å². The van der Waals surface area contributed by atoms with Gasteiger partial charge in [-0.25, -0.2) is 0 Å². The standard InChI is InChI=1S/C8H14N2OS/c1-3-7-5-10-8(12-7)9-4-6(2)11/h7H,3-5H2,1-2H3,(H,9,10). The number of carbonyl (C=O) groups excluding carboxylic acids is 1. The Balaban J connectivity index is 2.23. The molecule has 0 aromatic carbocycles. The van der Waals surface area contributed by atoms with Crippen LogP contribution in [0, 0.1) is 0 Å². The van der Waals surface area contributed by atoms with E-state index in [1.54, 1.807) is 18.7 Å². The zero-order valence-electron chi connectivity index (χ0n) is 7.46. The summed E-state index contributed by atoms with van der Waals surface area (Å²) >= 11 is 1.74. The van der Waals surface area contributed by atoms with Crippen molar-refractivity contribution in [3.63, 3.8) is 0 Å². The molecule has 0 aliphatic carbocycles. The Labute approximate surface area is 77.0 Å². The molecule has 0 aromatic heterocycles. The van der Waals surface area contributed by atoms with E-state index in [1.807, 2.05) is 0 Å². The fraction of sp³-hybridized carbons (Fsp3) is 0.750. The first-order valence-corrected chi connectivity index (χ1v) is 5.04. The van der Waals surface area contributed by atoms with Gasteiger partial charge in [-0.3, -0.25) is 9.79 Å². The van der Waals surface area contributed by atoms with Crippen molar-refractivity contribution in [2.24, 2.45) is 4.99 Å². The monoisotopic (exact) mass is 186 g/mol. The molecule has 0 amide bonds. The van der Waals surface area contributed by atoms with Crippen molar-refractivity contribution in [3.05, 3.63) is 0 Å². The zero-order valence-corrected chi connectivity index (χ0v) is 8.28. The van der Waals surface area contributed by atoms with Crippen LogP contribution in [0.4, 0.5) is 0 Å². The molecule has 1 rings (SSSR count). The van der Waals surface area contributed by atoms with Gasteiger partial charge in [0.05, 0.1) is 13.1 Å². The lowest BCUT2D eigenvalue weighted by Gasteiger charge is -2.04. The number of amidine groups is 1. The summed E-state index contributed by atoms with van der Waals surface area (Å²) < 4.78 is 0. The molecule has 1 heterocycles. The number of nitrogens with zero attached hydrogens (tertiary/aromatic N) is 1. The fourth-order valence-corrected chi connectivity index (χ4v) is 1.86. The molecule has 1 aliphatic heterocycles. The van der Waals surface area contributed by atoms with Crippen LogP contribution in [0.25, 0.3) is 0 Å². The first-order valence-electron chi connectivity index (χ1n) is 4.16. The molecule has 0 saturated heterocycles. The molecule has 1 N–H and O–H groups in total. The minimum atomic E-state index is 0.151. The van der Waals surface area contributed by atoms with E-state index in [9.17, 15) is 4.79 Å². The highest BCUT2D eigenvalue weighted by atomic mass is 32.2. The summed E-state index contributed by atoms with van der Waals surface area (Å²) in [4.78, 5) is 14.9. The van der Waals surface area contributed by atoms with Gasteiger partial charge in [-0.1, -0.05) is 18.7 Å². The first-order chi connectivity index (χ1) is 5.72. The van der Waals surface area contributed by atoms with Crippen molar-refractivity contribution in [2.45, 2.75) is 25.5 Å². The lowest BCUT2D eigenvalue weighted by atomic mass is 10.3. The highest BCUT2D eigenvalue weighted by molar-refractivity contribution is 8.14. The van der Waals surface area contributed by atoms with E-state index >= 15 is 0 Å². The Morgan fingerprint density at radius 3 is 3.08 bits per heavy atom. The van der Waals surface area contributed by atoms with E-state index in [1.165, 1.54) is 0 Å². The summed E-state index contributed by atoms with van der Waals surface area (Å²) in [6.07, 6.45) is 1.14. The van der Waals surface area contributed by atoms with Crippen LogP contribution in [-0.4, -0.2) is 29.3 Å². The molecule has 3 nitrogen and oxygen atoms in total. The Morgan fingerprint density at radius 2 is 2.58 bits per heavy atom. The van der Waals surface area contributed by atoms with Gasteiger partial charge >= 0.3 is 0 Å². The van der Waals surface area contributed by atoms with E-state index < -0.39 is 0 Å². The maximum absolute atomic E-state index is 10.6. The number of hydrogen-bond donors (Lipinski definition) is 1. The molecule has 0 radical (unpaired) electrons. The van der Waals surface area contributed by atoms with E-state index in [0.717, 1.165) is 18.1 Å². The molecule has 68 valence electrons. The smallest absolute Gasteiger partial charge is 0.157 e. The van der Waals surface area contributed by atoms with Gasteiger partial charge in [0.2, 0.25) is 0 Å². The average Bonchev–Trinajstić information content (AvgIpc) is 2.48. The SMILES string of the molecule is CCC1CN=C(NCC(C)=O)S1. The number of Topliss-reactive ketones (excluding diaryl/α,β-unsaturated/α-hetero) is 1. The highest BCUT2D eigenvalue weighted by Gasteiger charge is 2.17. The number of hydrogen-bond acceptors (Lipinski definition) is 4. The molecule has 0 saturated carbocycles. The van der Waals surface area contributed by atoms with Gasteiger partial charge in [-0.05, 0) is 13.3 Å². The molecule has 4 heteroatoms. The molecule has 1 unspecified atom stereocenters. The molecule has 0 bridgehead atoms. The number of nitrogens with one attached hydrogen (secondary N) is 1. The third-order valence-corrected chi connectivity index (χ3v) is 2.97. The summed E-state index contributed by atoms with van der Waals surface area (Å²) in [6.45, 7) is 5.02. The largest absolute Gasteiger partial charge is 0.358 e. The van der Waals surface area contributed by atoms with Gasteiger partial charge < -0.3 is 5.32 Å². The van der Waals surface area contributed by atoms with Crippen molar-refractivity contribution >= 4 is 22.7 Å². The van der Waals surface area contributed by atoms with E-state index in [4.69, 9.17) is 0 Å². The molecular formula is C8H14N2OS. The van der Waals surface area contributed by atoms with Crippen LogP contribution in [0.1, 0.15) is 20.3 Å². The van der Waals surface area contributed by atoms with E-state index in [-0.39, 0.29) is 5.78 Å². The molecule has 1 aliphatic rings. The lowest BCUT2D eigenvalue weighted by Crippen LogP contribution is -2.25. The van der Waals surface area contributed by atoms with Crippen LogP contribution in [0.5, 0.6) is 0 Å². The summed E-state index contributed by atoms with van der Waals surface area (Å²) in [5, 5.41) is 4.55. The number of ketones is 1. The molecule has 0 fully saturated rings. The predicted octanol–water partition coefficient (Wildman–Crippen LogP) is 1.05. The second-order valence-corrected chi connectivity index (χ2v) is 4.14. The molecule has 1 atom stereocenters. The van der Waals surface area contributed by atoms with Gasteiger partial charge in [0, 0.05) is 5.25 Å². The highest BCUT2D eigenvalue weighted by Crippen LogP contribution is 2.21. The Morgan fingerprint density at radius 1 is 1.83 bits per heavy atom. The number of thioether (sulfide) groups is 1. The number of rotatable bonds is 3. The van der Waals surface area contributed by atoms with Crippen LogP contribution < -0.4 is 5.32 Å². The maximum Gasteiger partial charge on any atom is 0.157 e. The zero-order chi connectivity index (χ0) is 8.97. The molecule has 12 heavy (non-hydrogen) atoms. The van der Waals surface area contributed by atoms with Crippen LogP contribution in [-0.2, 0) is 4.79 Å². The van der Waals surface area contributed by atoms with Gasteiger partial charge in [-0.2, -0.15) is 0 Å². The van der Waals surface area contributed by atoms with Gasteiger partial charge in [-0.15, -0.1) is 0 Å². The van der Waals surface area contributed by atoms with Crippen molar-refractivity contribution in [1.82, 2.24) is 5.32 Å². The molecule has 0 aromatic rings. The molecular weight excluding hydrogens is 172 g/mol. The summed E-state index contributed by atoms with van der Waals surface area (Å²) in [7, 11) is 0. The Bertz CT molecular complexity index is 203. The van der Waals surface area contributed by atoms with Crippen molar-refractivity contribution in [2.75, 3.05) is 13.1 Å². The average molecular weight is 186 g/mol. The summed E-state index contributed by atoms with van der Waals surface area (Å²) in [6, 6.07) is 0. The summed E-state index contributed by atoms with van der Waals surface area (Å²) in [5.74, 6) is 0.151. The second-order valence-electron chi connectivity index (χ2n) is 2.85. The predicted molar refractivity (Wildman–Crippen MR) is 52.7 cm³/mol. The van der Waals surface area contributed by atoms with Crippen LogP contribution in [0.2, 0.25) is 0 Å². The number of carbonyl (C=O) groups is 1. The third kappa shape index (κ3) is 2.85. The molecule has 0 spiro atoms. The normalized spacial score (nSPS) is 22.2. The van der Waals surface area contributed by atoms with Crippen molar-refractivity contribution < 1.29 is 4.79 Å². The van der Waals surface area contributed by atoms with Crippen molar-refractivity contribution in [3.8, 4) is 0 Å². The Kier molecular flexibility index (Phi) is 3.59. The van der Waals surface area contributed by atoms with Crippen LogP contribution >= 0.6 is 11.8 Å². The van der Waals surface area contributed by atoms with Crippen LogP contribution in [0.3, 0.4) is 0 Å². The first kappa shape index (κ1) is 9.58. The topological polar surface area (TPSA) is 41.5 Å². The van der Waals surface area contributed by atoms with E-state index in [2.05, 4.69) is 17.2 Å². The quantitative estimate of drug-likeness (QED) is 0.716.